The minimum Gasteiger partial charge on any atom is -0.271 e. The van der Waals surface area contributed by atoms with Crippen molar-refractivity contribution in [2.75, 3.05) is 0 Å². The van der Waals surface area contributed by atoms with E-state index in [9.17, 15) is 14.9 Å². The van der Waals surface area contributed by atoms with Gasteiger partial charge in [-0.2, -0.15) is 0 Å². The van der Waals surface area contributed by atoms with Crippen LogP contribution in [0.2, 0.25) is 0 Å². The maximum atomic E-state index is 10.6. The number of nitro benzene ring substituents is 1. The van der Waals surface area contributed by atoms with E-state index >= 15 is 0 Å². The quantitative estimate of drug-likeness (QED) is 0.337. The predicted molar refractivity (Wildman–Crippen MR) is 51.3 cm³/mol. The van der Waals surface area contributed by atoms with E-state index in [-0.39, 0.29) is 12.3 Å². The van der Waals surface area contributed by atoms with Crippen molar-refractivity contribution in [1.82, 2.24) is 5.48 Å². The minimum absolute atomic E-state index is 0.00463. The van der Waals surface area contributed by atoms with E-state index in [1.807, 2.05) is 0 Å². The summed E-state index contributed by atoms with van der Waals surface area (Å²) in [6, 6.07) is 6.19. The topological polar surface area (TPSA) is 81.5 Å². The first-order valence-corrected chi connectivity index (χ1v) is 4.04. The molecule has 6 nitrogen and oxygen atoms in total. The van der Waals surface area contributed by atoms with Gasteiger partial charge in [-0.05, 0) is 6.07 Å². The summed E-state index contributed by atoms with van der Waals surface area (Å²) in [4.78, 5) is 24.6. The molecule has 1 rings (SSSR count). The number of para-hydroxylation sites is 1. The lowest BCUT2D eigenvalue weighted by atomic mass is 10.2. The highest BCUT2D eigenvalue weighted by atomic mass is 16.6. The van der Waals surface area contributed by atoms with Gasteiger partial charge < -0.3 is 0 Å². The zero-order valence-corrected chi connectivity index (χ0v) is 7.67. The molecule has 0 spiro atoms. The van der Waals surface area contributed by atoms with Crippen molar-refractivity contribution in [3.63, 3.8) is 0 Å². The Morgan fingerprint density at radius 3 is 2.93 bits per heavy atom. The van der Waals surface area contributed by atoms with Crippen LogP contribution in [0.25, 0.3) is 0 Å². The molecule has 1 aromatic carbocycles. The molecule has 0 amide bonds. The summed E-state index contributed by atoms with van der Waals surface area (Å²) < 4.78 is 0. The van der Waals surface area contributed by atoms with Gasteiger partial charge in [0.2, 0.25) is 0 Å². The van der Waals surface area contributed by atoms with Gasteiger partial charge in [-0.1, -0.05) is 12.1 Å². The zero-order valence-electron chi connectivity index (χ0n) is 7.67. The van der Waals surface area contributed by atoms with Crippen molar-refractivity contribution in [2.45, 2.75) is 6.61 Å². The molecule has 1 N–H and O–H groups in total. The lowest BCUT2D eigenvalue weighted by Crippen LogP contribution is -2.07. The summed E-state index contributed by atoms with van der Waals surface area (Å²) in [6.45, 7) is -0.00463. The maximum Gasteiger partial charge on any atom is 0.275 e. The lowest BCUT2D eigenvalue weighted by molar-refractivity contribution is -0.386. The van der Waals surface area contributed by atoms with Crippen LogP contribution in [0, 0.1) is 10.1 Å². The third-order valence-corrected chi connectivity index (χ3v) is 1.62. The molecular formula is C9H8N2O4. The van der Waals surface area contributed by atoms with E-state index in [1.54, 1.807) is 18.2 Å². The second kappa shape index (κ2) is 5.54. The van der Waals surface area contributed by atoms with Crippen LogP contribution in [0.5, 0.6) is 0 Å². The van der Waals surface area contributed by atoms with E-state index in [0.717, 1.165) is 6.20 Å². The molecule has 0 aliphatic rings. The van der Waals surface area contributed by atoms with Crippen molar-refractivity contribution in [3.8, 4) is 0 Å². The third-order valence-electron chi connectivity index (χ3n) is 1.62. The molecule has 0 aliphatic carbocycles. The summed E-state index contributed by atoms with van der Waals surface area (Å²) in [5.41, 5.74) is 2.58. The highest BCUT2D eigenvalue weighted by Crippen LogP contribution is 2.17. The van der Waals surface area contributed by atoms with Crippen LogP contribution in [-0.4, -0.2) is 10.9 Å². The number of benzene rings is 1. The number of hydrogen-bond acceptors (Lipinski definition) is 5. The van der Waals surface area contributed by atoms with E-state index in [4.69, 9.17) is 4.84 Å². The first kappa shape index (κ1) is 10.9. The van der Waals surface area contributed by atoms with Crippen molar-refractivity contribution >= 4 is 11.6 Å². The largest absolute Gasteiger partial charge is 0.275 e. The number of carbonyl (C=O) groups excluding carboxylic acids is 1. The van der Waals surface area contributed by atoms with E-state index in [1.165, 1.54) is 12.0 Å². The SMILES string of the molecule is O=C=CNOCc1ccccc1[N+](=O)[O-]. The van der Waals surface area contributed by atoms with Crippen molar-refractivity contribution in [1.29, 1.82) is 0 Å². The normalized spacial score (nSPS) is 9.07. The van der Waals surface area contributed by atoms with Gasteiger partial charge in [-0.25, -0.2) is 4.79 Å². The van der Waals surface area contributed by atoms with Crippen LogP contribution in [0.3, 0.4) is 0 Å². The Balaban J connectivity index is 2.67. The van der Waals surface area contributed by atoms with Crippen LogP contribution in [-0.2, 0) is 16.2 Å². The molecule has 15 heavy (non-hydrogen) atoms. The highest BCUT2D eigenvalue weighted by molar-refractivity contribution is 5.43. The number of hydrogen-bond donors (Lipinski definition) is 1. The van der Waals surface area contributed by atoms with Gasteiger partial charge in [0.1, 0.15) is 18.7 Å². The summed E-state index contributed by atoms with van der Waals surface area (Å²) in [6.07, 6.45) is 0.925. The Labute approximate surface area is 85.3 Å². The van der Waals surface area contributed by atoms with Crippen LogP contribution >= 0.6 is 0 Å². The summed E-state index contributed by atoms with van der Waals surface area (Å²) in [7, 11) is 0. The number of nitrogens with one attached hydrogen (secondary N) is 1. The van der Waals surface area contributed by atoms with E-state index < -0.39 is 4.92 Å². The molecule has 6 heteroatoms. The molecule has 0 atom stereocenters. The van der Waals surface area contributed by atoms with E-state index in [2.05, 4.69) is 5.48 Å². The lowest BCUT2D eigenvalue weighted by Gasteiger charge is -2.02. The Bertz CT molecular complexity index is 399. The Kier molecular flexibility index (Phi) is 4.03. The molecule has 0 unspecified atom stereocenters. The zero-order chi connectivity index (χ0) is 11.1. The molecule has 0 fully saturated rings. The molecule has 0 bridgehead atoms. The van der Waals surface area contributed by atoms with Crippen molar-refractivity contribution in [2.24, 2.45) is 0 Å². The van der Waals surface area contributed by atoms with Gasteiger partial charge in [0, 0.05) is 6.07 Å². The third kappa shape index (κ3) is 3.22. The van der Waals surface area contributed by atoms with Crippen molar-refractivity contribution < 1.29 is 14.6 Å². The fraction of sp³-hybridized carbons (Fsp3) is 0.111. The second-order valence-corrected chi connectivity index (χ2v) is 2.55. The van der Waals surface area contributed by atoms with Gasteiger partial charge in [0.05, 0.1) is 10.5 Å². The van der Waals surface area contributed by atoms with Crippen LogP contribution in [0.4, 0.5) is 5.69 Å². The summed E-state index contributed by atoms with van der Waals surface area (Å²) in [5.74, 6) is 1.45. The average Bonchev–Trinajstić information content (AvgIpc) is 2.25. The standard InChI is InChI=1S/C9H8N2O4/c12-6-5-10-15-7-8-3-1-2-4-9(8)11(13)14/h1-5,10H,7H2. The van der Waals surface area contributed by atoms with Crippen LogP contribution in [0.1, 0.15) is 5.56 Å². The number of hydroxylamine groups is 1. The van der Waals surface area contributed by atoms with E-state index in [0.29, 0.717) is 5.56 Å². The molecule has 0 saturated carbocycles. The highest BCUT2D eigenvalue weighted by Gasteiger charge is 2.11. The number of rotatable bonds is 5. The van der Waals surface area contributed by atoms with Gasteiger partial charge >= 0.3 is 0 Å². The molecule has 0 saturated heterocycles. The Morgan fingerprint density at radius 1 is 1.53 bits per heavy atom. The Hall–Kier alpha value is -2.17. The maximum absolute atomic E-state index is 10.6. The first-order valence-electron chi connectivity index (χ1n) is 4.04. The minimum atomic E-state index is -0.492. The first-order chi connectivity index (χ1) is 7.25. The summed E-state index contributed by atoms with van der Waals surface area (Å²) in [5, 5.41) is 10.6. The smallest absolute Gasteiger partial charge is 0.271 e. The molecule has 0 heterocycles. The van der Waals surface area contributed by atoms with Gasteiger partial charge in [0.15, 0.2) is 0 Å². The molecule has 0 aliphatic heterocycles. The Morgan fingerprint density at radius 2 is 2.27 bits per heavy atom. The van der Waals surface area contributed by atoms with Crippen molar-refractivity contribution in [3.05, 3.63) is 46.1 Å². The molecule has 78 valence electrons. The van der Waals surface area contributed by atoms with Crippen LogP contribution in [0.15, 0.2) is 30.5 Å². The van der Waals surface area contributed by atoms with Crippen LogP contribution < -0.4 is 5.48 Å². The monoisotopic (exact) mass is 208 g/mol. The number of nitrogens with zero attached hydrogens (tertiary/aromatic N) is 1. The molecule has 1 aromatic rings. The number of nitro groups is 1. The molecular weight excluding hydrogens is 200 g/mol. The average molecular weight is 208 g/mol. The molecule has 0 radical (unpaired) electrons. The predicted octanol–water partition coefficient (Wildman–Crippen LogP) is 0.961. The van der Waals surface area contributed by atoms with Gasteiger partial charge in [-0.3, -0.25) is 20.4 Å². The summed E-state index contributed by atoms with van der Waals surface area (Å²) >= 11 is 0. The fourth-order valence-corrected chi connectivity index (χ4v) is 0.996. The molecule has 0 aromatic heterocycles. The second-order valence-electron chi connectivity index (χ2n) is 2.55. The fourth-order valence-electron chi connectivity index (χ4n) is 0.996. The van der Waals surface area contributed by atoms with Gasteiger partial charge in [0.25, 0.3) is 5.69 Å². The van der Waals surface area contributed by atoms with Gasteiger partial charge in [-0.15, -0.1) is 0 Å².